The average Bonchev–Trinajstić information content (AvgIpc) is 2.95. The van der Waals surface area contributed by atoms with Gasteiger partial charge >= 0.3 is 12.1 Å². The Kier molecular flexibility index (Phi) is 7.32. The first kappa shape index (κ1) is 22.8. The zero-order valence-electron chi connectivity index (χ0n) is 17.2. The summed E-state index contributed by atoms with van der Waals surface area (Å²) in [5, 5.41) is 0. The van der Waals surface area contributed by atoms with Crippen LogP contribution in [0.25, 0.3) is 0 Å². The predicted molar refractivity (Wildman–Crippen MR) is 106 cm³/mol. The summed E-state index contributed by atoms with van der Waals surface area (Å²) in [5.41, 5.74) is 1.08. The highest BCUT2D eigenvalue weighted by atomic mass is 19.4. The normalized spacial score (nSPS) is 14.6. The molecule has 0 saturated heterocycles. The molecule has 0 aliphatic carbocycles. The fourth-order valence-electron chi connectivity index (χ4n) is 3.60. The quantitative estimate of drug-likeness (QED) is 0.618. The molecule has 0 N–H and O–H groups in total. The number of alkyl halides is 3. The van der Waals surface area contributed by atoms with E-state index in [9.17, 15) is 22.8 Å². The lowest BCUT2D eigenvalue weighted by atomic mass is 10.1. The summed E-state index contributed by atoms with van der Waals surface area (Å²) in [6.45, 7) is 1.49. The summed E-state index contributed by atoms with van der Waals surface area (Å²) in [6.07, 6.45) is -1.50. The monoisotopic (exact) mass is 439 g/mol. The fraction of sp³-hybridized carbons (Fsp3) is 0.476. The Labute approximate surface area is 177 Å². The van der Waals surface area contributed by atoms with Gasteiger partial charge in [-0.3, -0.25) is 9.78 Å². The van der Waals surface area contributed by atoms with Crippen LogP contribution in [-0.2, 0) is 24.3 Å². The van der Waals surface area contributed by atoms with Crippen LogP contribution in [0.5, 0.6) is 5.75 Å². The van der Waals surface area contributed by atoms with Crippen LogP contribution in [-0.4, -0.2) is 53.3 Å². The van der Waals surface area contributed by atoms with E-state index in [2.05, 4.69) is 4.98 Å². The smallest absolute Gasteiger partial charge is 0.389 e. The van der Waals surface area contributed by atoms with Crippen molar-refractivity contribution >= 4 is 5.97 Å². The Bertz CT molecular complexity index is 961. The van der Waals surface area contributed by atoms with Crippen LogP contribution in [0, 0.1) is 0 Å². The number of carbonyl (C=O) groups excluding carboxylic acids is 1. The molecule has 1 aliphatic heterocycles. The molecule has 3 rings (SSSR count). The first-order valence-electron chi connectivity index (χ1n) is 9.94. The van der Waals surface area contributed by atoms with E-state index in [1.54, 1.807) is 24.5 Å². The molecule has 31 heavy (non-hydrogen) atoms. The molecule has 0 unspecified atom stereocenters. The number of hydrogen-bond acceptors (Lipinski definition) is 6. The van der Waals surface area contributed by atoms with Crippen LogP contribution in [0.1, 0.15) is 34.5 Å². The van der Waals surface area contributed by atoms with E-state index in [1.807, 2.05) is 4.90 Å². The van der Waals surface area contributed by atoms with Gasteiger partial charge in [0.1, 0.15) is 17.9 Å². The Morgan fingerprint density at radius 1 is 1.26 bits per heavy atom. The molecule has 1 aliphatic rings. The van der Waals surface area contributed by atoms with Crippen LogP contribution >= 0.6 is 0 Å². The van der Waals surface area contributed by atoms with Gasteiger partial charge in [-0.1, -0.05) is 6.07 Å². The predicted octanol–water partition coefficient (Wildman–Crippen LogP) is 2.81. The number of ether oxygens (including phenoxy) is 2. The van der Waals surface area contributed by atoms with Gasteiger partial charge in [0.2, 0.25) is 0 Å². The molecule has 0 saturated carbocycles. The minimum Gasteiger partial charge on any atom is -0.488 e. The highest BCUT2D eigenvalue weighted by Gasteiger charge is 2.28. The molecule has 0 radical (unpaired) electrons. The third kappa shape index (κ3) is 6.06. The van der Waals surface area contributed by atoms with E-state index in [0.717, 1.165) is 5.56 Å². The van der Waals surface area contributed by atoms with E-state index >= 15 is 0 Å². The van der Waals surface area contributed by atoms with Crippen molar-refractivity contribution in [1.29, 1.82) is 0 Å². The Morgan fingerprint density at radius 3 is 2.74 bits per heavy atom. The summed E-state index contributed by atoms with van der Waals surface area (Å²) in [5.74, 6) is -0.507. The summed E-state index contributed by atoms with van der Waals surface area (Å²) in [7, 11) is 1.25. The summed E-state index contributed by atoms with van der Waals surface area (Å²) in [4.78, 5) is 31.1. The summed E-state index contributed by atoms with van der Waals surface area (Å²) < 4.78 is 49.5. The number of aromatic nitrogens is 2. The second kappa shape index (κ2) is 9.95. The van der Waals surface area contributed by atoms with Crippen molar-refractivity contribution in [3.63, 3.8) is 0 Å². The van der Waals surface area contributed by atoms with Crippen LogP contribution in [0.2, 0.25) is 0 Å². The van der Waals surface area contributed by atoms with Gasteiger partial charge in [0.25, 0.3) is 5.56 Å². The second-order valence-electron chi connectivity index (χ2n) is 7.27. The minimum absolute atomic E-state index is 0.0158. The number of nitrogens with zero attached hydrogens (tertiary/aromatic N) is 3. The first-order valence-corrected chi connectivity index (χ1v) is 9.94. The molecule has 2 aromatic rings. The standard InChI is InChI=1S/C21H24F3N3O4/c1-30-20(29)19-16-5-9-26(8-3-6-21(22,23)24)10-11-27(16)18(28)12-17(19)31-14-15-4-2-7-25-13-15/h2,4,7,12-13H,3,5-6,8-11,14H2,1H3. The average molecular weight is 439 g/mol. The molecule has 168 valence electrons. The van der Waals surface area contributed by atoms with E-state index < -0.39 is 18.6 Å². The molecule has 0 aromatic carbocycles. The Morgan fingerprint density at radius 2 is 2.06 bits per heavy atom. The van der Waals surface area contributed by atoms with Crippen LogP contribution < -0.4 is 10.3 Å². The molecule has 0 amide bonds. The Balaban J connectivity index is 1.82. The van der Waals surface area contributed by atoms with E-state index in [0.29, 0.717) is 25.2 Å². The number of hydrogen-bond donors (Lipinski definition) is 0. The van der Waals surface area contributed by atoms with Gasteiger partial charge in [-0.2, -0.15) is 13.2 Å². The van der Waals surface area contributed by atoms with Gasteiger partial charge in [0.05, 0.1) is 7.11 Å². The fourth-order valence-corrected chi connectivity index (χ4v) is 3.60. The van der Waals surface area contributed by atoms with Crippen LogP contribution in [0.15, 0.2) is 35.4 Å². The van der Waals surface area contributed by atoms with Gasteiger partial charge in [-0.25, -0.2) is 4.79 Å². The lowest BCUT2D eigenvalue weighted by Crippen LogP contribution is -2.30. The molecule has 0 bridgehead atoms. The van der Waals surface area contributed by atoms with Crippen molar-refractivity contribution in [2.45, 2.75) is 38.6 Å². The molecule has 0 atom stereocenters. The van der Waals surface area contributed by atoms with Crippen molar-refractivity contribution < 1.29 is 27.4 Å². The highest BCUT2D eigenvalue weighted by molar-refractivity contribution is 5.93. The van der Waals surface area contributed by atoms with E-state index in [-0.39, 0.29) is 43.0 Å². The number of pyridine rings is 2. The third-order valence-electron chi connectivity index (χ3n) is 5.13. The maximum Gasteiger partial charge on any atom is 0.389 e. The number of methoxy groups -OCH3 is 1. The molecule has 3 heterocycles. The highest BCUT2D eigenvalue weighted by Crippen LogP contribution is 2.25. The van der Waals surface area contributed by atoms with Crippen LogP contribution in [0.4, 0.5) is 13.2 Å². The SMILES string of the molecule is COC(=O)c1c(OCc2cccnc2)cc(=O)n2c1CCN(CCCC(F)(F)F)CC2. The van der Waals surface area contributed by atoms with Crippen molar-refractivity contribution in [3.05, 3.63) is 57.8 Å². The van der Waals surface area contributed by atoms with E-state index in [4.69, 9.17) is 9.47 Å². The van der Waals surface area contributed by atoms with Crippen molar-refractivity contribution in [2.75, 3.05) is 26.7 Å². The molecule has 0 fully saturated rings. The van der Waals surface area contributed by atoms with Gasteiger partial charge in [-0.05, 0) is 19.0 Å². The number of rotatable bonds is 7. The van der Waals surface area contributed by atoms with Gasteiger partial charge in [0.15, 0.2) is 0 Å². The summed E-state index contributed by atoms with van der Waals surface area (Å²) >= 11 is 0. The maximum absolute atomic E-state index is 12.7. The zero-order chi connectivity index (χ0) is 22.4. The maximum atomic E-state index is 12.7. The van der Waals surface area contributed by atoms with Crippen LogP contribution in [0.3, 0.4) is 0 Å². The Hall–Kier alpha value is -2.88. The molecule has 2 aromatic heterocycles. The minimum atomic E-state index is -4.19. The van der Waals surface area contributed by atoms with Gasteiger partial charge in [0, 0.05) is 62.2 Å². The number of carbonyl (C=O) groups is 1. The molecular formula is C21H24F3N3O4. The van der Waals surface area contributed by atoms with Crippen molar-refractivity contribution in [1.82, 2.24) is 14.5 Å². The number of fused-ring (bicyclic) bond motifs is 1. The largest absolute Gasteiger partial charge is 0.488 e. The topological polar surface area (TPSA) is 73.7 Å². The van der Waals surface area contributed by atoms with Gasteiger partial charge < -0.3 is 18.9 Å². The van der Waals surface area contributed by atoms with Crippen molar-refractivity contribution in [2.24, 2.45) is 0 Å². The van der Waals surface area contributed by atoms with Gasteiger partial charge in [-0.15, -0.1) is 0 Å². The lowest BCUT2D eigenvalue weighted by Gasteiger charge is -2.19. The van der Waals surface area contributed by atoms with E-state index in [1.165, 1.54) is 17.7 Å². The van der Waals surface area contributed by atoms with Crippen molar-refractivity contribution in [3.8, 4) is 5.75 Å². The number of halogens is 3. The summed E-state index contributed by atoms with van der Waals surface area (Å²) in [6, 6.07) is 4.81. The molecule has 0 spiro atoms. The third-order valence-corrected chi connectivity index (χ3v) is 5.13. The lowest BCUT2D eigenvalue weighted by molar-refractivity contribution is -0.136. The molecule has 10 heteroatoms. The molecule has 7 nitrogen and oxygen atoms in total. The zero-order valence-corrected chi connectivity index (χ0v) is 17.2. The number of esters is 1. The molecular weight excluding hydrogens is 415 g/mol. The first-order chi connectivity index (χ1) is 14.8. The second-order valence-corrected chi connectivity index (χ2v) is 7.27.